The molecule has 2 aromatic rings. The quantitative estimate of drug-likeness (QED) is 0.474. The Kier molecular flexibility index (Phi) is 5.60. The maximum absolute atomic E-state index is 12.9. The zero-order valence-electron chi connectivity index (χ0n) is 14.3. The standard InChI is InChI=1S/C18H17FN4O3S/c19-13-4-6-14(7-5-13)20-18(27)21-17(24)12-3-8-15(16(11-12)23(25)26)22-9-1-2-10-22/h3-8,11H,1-2,9-10H2,(H2,20,21,24,27). The average Bonchev–Trinajstić information content (AvgIpc) is 3.17. The van der Waals surface area contributed by atoms with E-state index in [4.69, 9.17) is 12.2 Å². The van der Waals surface area contributed by atoms with Gasteiger partial charge in [0.2, 0.25) is 0 Å². The van der Waals surface area contributed by atoms with E-state index in [0.717, 1.165) is 25.9 Å². The highest BCUT2D eigenvalue weighted by molar-refractivity contribution is 7.80. The molecule has 0 spiro atoms. The highest BCUT2D eigenvalue weighted by atomic mass is 32.1. The number of thiocarbonyl (C=S) groups is 1. The first-order chi connectivity index (χ1) is 12.9. The van der Waals surface area contributed by atoms with Crippen molar-refractivity contribution in [1.29, 1.82) is 0 Å². The number of hydrogen-bond donors (Lipinski definition) is 2. The molecule has 1 amide bonds. The minimum atomic E-state index is -0.564. The van der Waals surface area contributed by atoms with Crippen molar-refractivity contribution in [3.63, 3.8) is 0 Å². The highest BCUT2D eigenvalue weighted by Gasteiger charge is 2.24. The lowest BCUT2D eigenvalue weighted by atomic mass is 10.1. The van der Waals surface area contributed by atoms with Gasteiger partial charge in [-0.15, -0.1) is 0 Å². The molecule has 1 aliphatic heterocycles. The van der Waals surface area contributed by atoms with Gasteiger partial charge in [0, 0.05) is 30.4 Å². The molecule has 0 unspecified atom stereocenters. The van der Waals surface area contributed by atoms with Crippen LogP contribution in [0.2, 0.25) is 0 Å². The van der Waals surface area contributed by atoms with Crippen LogP contribution in [0.15, 0.2) is 42.5 Å². The summed E-state index contributed by atoms with van der Waals surface area (Å²) in [5, 5.41) is 16.7. The van der Waals surface area contributed by atoms with Gasteiger partial charge in [0.25, 0.3) is 11.6 Å². The molecule has 0 aromatic heterocycles. The van der Waals surface area contributed by atoms with Gasteiger partial charge in [-0.1, -0.05) is 0 Å². The van der Waals surface area contributed by atoms with Crippen molar-refractivity contribution in [1.82, 2.24) is 5.32 Å². The predicted molar refractivity (Wildman–Crippen MR) is 105 cm³/mol. The number of carbonyl (C=O) groups excluding carboxylic acids is 1. The van der Waals surface area contributed by atoms with Crippen LogP contribution in [0.3, 0.4) is 0 Å². The number of nitro groups is 1. The summed E-state index contributed by atoms with van der Waals surface area (Å²) in [7, 11) is 0. The fraction of sp³-hybridized carbons (Fsp3) is 0.222. The van der Waals surface area contributed by atoms with Gasteiger partial charge in [0.1, 0.15) is 11.5 Å². The van der Waals surface area contributed by atoms with Crippen LogP contribution in [-0.4, -0.2) is 29.0 Å². The number of amides is 1. The smallest absolute Gasteiger partial charge is 0.293 e. The first kappa shape index (κ1) is 18.7. The summed E-state index contributed by atoms with van der Waals surface area (Å²) < 4.78 is 12.9. The second-order valence-electron chi connectivity index (χ2n) is 6.07. The number of carbonyl (C=O) groups is 1. The Morgan fingerprint density at radius 1 is 1.15 bits per heavy atom. The maximum atomic E-state index is 12.9. The summed E-state index contributed by atoms with van der Waals surface area (Å²) in [5.41, 5.74) is 1.05. The van der Waals surface area contributed by atoms with Gasteiger partial charge in [-0.3, -0.25) is 20.2 Å². The molecule has 3 rings (SSSR count). The third kappa shape index (κ3) is 4.56. The largest absolute Gasteiger partial charge is 0.366 e. The first-order valence-corrected chi connectivity index (χ1v) is 8.76. The molecule has 9 heteroatoms. The minimum absolute atomic E-state index is 0.0119. The Balaban J connectivity index is 1.72. The number of nitrogens with zero attached hydrogens (tertiary/aromatic N) is 2. The summed E-state index contributed by atoms with van der Waals surface area (Å²) in [6.45, 7) is 1.52. The van der Waals surface area contributed by atoms with E-state index in [1.807, 2.05) is 4.90 Å². The van der Waals surface area contributed by atoms with Crippen LogP contribution in [0.5, 0.6) is 0 Å². The van der Waals surface area contributed by atoms with Crippen LogP contribution in [0, 0.1) is 15.9 Å². The zero-order chi connectivity index (χ0) is 19.4. The van der Waals surface area contributed by atoms with E-state index in [0.29, 0.717) is 11.4 Å². The lowest BCUT2D eigenvalue weighted by Crippen LogP contribution is -2.34. The number of anilines is 2. The van der Waals surface area contributed by atoms with Crippen LogP contribution < -0.4 is 15.5 Å². The molecule has 7 nitrogen and oxygen atoms in total. The Morgan fingerprint density at radius 3 is 2.44 bits per heavy atom. The van der Waals surface area contributed by atoms with Gasteiger partial charge in [0.15, 0.2) is 5.11 Å². The third-order valence-corrected chi connectivity index (χ3v) is 4.41. The van der Waals surface area contributed by atoms with Crippen LogP contribution in [0.1, 0.15) is 23.2 Å². The normalized spacial score (nSPS) is 13.3. The average molecular weight is 388 g/mol. The van der Waals surface area contributed by atoms with E-state index >= 15 is 0 Å². The maximum Gasteiger partial charge on any atom is 0.293 e. The van der Waals surface area contributed by atoms with Gasteiger partial charge in [-0.25, -0.2) is 4.39 Å². The molecular weight excluding hydrogens is 371 g/mol. The van der Waals surface area contributed by atoms with Crippen LogP contribution in [0.4, 0.5) is 21.5 Å². The van der Waals surface area contributed by atoms with Crippen molar-refractivity contribution in [2.24, 2.45) is 0 Å². The van der Waals surface area contributed by atoms with Gasteiger partial charge in [-0.2, -0.15) is 0 Å². The monoisotopic (exact) mass is 388 g/mol. The van der Waals surface area contributed by atoms with Crippen molar-refractivity contribution < 1.29 is 14.1 Å². The Morgan fingerprint density at radius 2 is 1.81 bits per heavy atom. The fourth-order valence-electron chi connectivity index (χ4n) is 2.91. The molecule has 1 heterocycles. The molecular formula is C18H17FN4O3S. The van der Waals surface area contributed by atoms with Crippen LogP contribution >= 0.6 is 12.2 Å². The molecule has 0 radical (unpaired) electrons. The summed E-state index contributed by atoms with van der Waals surface area (Å²) in [6.07, 6.45) is 1.98. The summed E-state index contributed by atoms with van der Waals surface area (Å²) in [5.74, 6) is -0.952. The van der Waals surface area contributed by atoms with Crippen molar-refractivity contribution in [2.45, 2.75) is 12.8 Å². The number of nitrogens with one attached hydrogen (secondary N) is 2. The predicted octanol–water partition coefficient (Wildman–Crippen LogP) is 3.46. The third-order valence-electron chi connectivity index (χ3n) is 4.21. The van der Waals surface area contributed by atoms with Crippen LogP contribution in [0.25, 0.3) is 0 Å². The van der Waals surface area contributed by atoms with E-state index in [9.17, 15) is 19.3 Å². The van der Waals surface area contributed by atoms with Crippen molar-refractivity contribution in [3.8, 4) is 0 Å². The Labute approximate surface area is 160 Å². The van der Waals surface area contributed by atoms with Gasteiger partial charge in [0.05, 0.1) is 4.92 Å². The first-order valence-electron chi connectivity index (χ1n) is 8.35. The lowest BCUT2D eigenvalue weighted by molar-refractivity contribution is -0.384. The molecule has 1 saturated heterocycles. The van der Waals surface area contributed by atoms with Gasteiger partial charge < -0.3 is 10.2 Å². The fourth-order valence-corrected chi connectivity index (χ4v) is 3.12. The van der Waals surface area contributed by atoms with E-state index < -0.39 is 10.8 Å². The SMILES string of the molecule is O=C(NC(=S)Nc1ccc(F)cc1)c1ccc(N2CCCC2)c([N+](=O)[O-])c1. The number of rotatable bonds is 4. The highest BCUT2D eigenvalue weighted by Crippen LogP contribution is 2.31. The number of hydrogen-bond acceptors (Lipinski definition) is 5. The summed E-state index contributed by atoms with van der Waals surface area (Å²) in [4.78, 5) is 25.3. The van der Waals surface area contributed by atoms with Crippen LogP contribution in [-0.2, 0) is 0 Å². The van der Waals surface area contributed by atoms with E-state index in [1.165, 1.54) is 36.4 Å². The van der Waals surface area contributed by atoms with Crippen molar-refractivity contribution in [3.05, 3.63) is 64.0 Å². The number of benzene rings is 2. The van der Waals surface area contributed by atoms with Gasteiger partial charge in [-0.05, 0) is 61.5 Å². The van der Waals surface area contributed by atoms with Crippen molar-refractivity contribution in [2.75, 3.05) is 23.3 Å². The Hall–Kier alpha value is -3.07. The molecule has 0 atom stereocenters. The van der Waals surface area contributed by atoms with E-state index in [1.54, 1.807) is 6.07 Å². The lowest BCUT2D eigenvalue weighted by Gasteiger charge is -2.18. The summed E-state index contributed by atoms with van der Waals surface area (Å²) in [6, 6.07) is 9.85. The number of halogens is 1. The zero-order valence-corrected chi connectivity index (χ0v) is 15.1. The second-order valence-corrected chi connectivity index (χ2v) is 6.48. The Bertz CT molecular complexity index is 883. The molecule has 2 N–H and O–H groups in total. The molecule has 2 aromatic carbocycles. The molecule has 1 aliphatic rings. The van der Waals surface area contributed by atoms with Gasteiger partial charge >= 0.3 is 0 Å². The minimum Gasteiger partial charge on any atom is -0.366 e. The molecule has 0 saturated carbocycles. The van der Waals surface area contributed by atoms with E-state index in [-0.39, 0.29) is 22.2 Å². The van der Waals surface area contributed by atoms with Crippen molar-refractivity contribution >= 4 is 40.3 Å². The number of nitro benzene ring substituents is 1. The van der Waals surface area contributed by atoms with E-state index in [2.05, 4.69) is 10.6 Å². The topological polar surface area (TPSA) is 87.5 Å². The molecule has 0 bridgehead atoms. The molecule has 140 valence electrons. The molecule has 27 heavy (non-hydrogen) atoms. The molecule has 1 fully saturated rings. The molecule has 0 aliphatic carbocycles. The summed E-state index contributed by atoms with van der Waals surface area (Å²) >= 11 is 5.06. The second kappa shape index (κ2) is 8.09.